The van der Waals surface area contributed by atoms with Gasteiger partial charge in [0, 0.05) is 6.42 Å². The highest BCUT2D eigenvalue weighted by Crippen LogP contribution is 2.19. The van der Waals surface area contributed by atoms with Gasteiger partial charge in [0.1, 0.15) is 5.75 Å². The van der Waals surface area contributed by atoms with Crippen LogP contribution in [0.15, 0.2) is 28.7 Å². The highest BCUT2D eigenvalue weighted by molar-refractivity contribution is 6.27. The van der Waals surface area contributed by atoms with Gasteiger partial charge in [-0.25, -0.2) is 0 Å². The number of ether oxygens (including phenoxy) is 1. The maximum Gasteiger partial charge on any atom is 0.312 e. The lowest BCUT2D eigenvalue weighted by Gasteiger charge is -2.06. The molecular formula is C11H11ClN2O2. The number of aryl methyl sites for hydroxylation is 2. The largest absolute Gasteiger partial charge is 0.496 e. The summed E-state index contributed by atoms with van der Waals surface area (Å²) in [5.41, 5.74) is 1.11. The minimum atomic E-state index is 0.0787. The van der Waals surface area contributed by atoms with Gasteiger partial charge in [0.05, 0.1) is 7.11 Å². The Bertz CT molecular complexity index is 471. The van der Waals surface area contributed by atoms with Crippen LogP contribution in [0.2, 0.25) is 5.35 Å². The van der Waals surface area contributed by atoms with E-state index in [-0.39, 0.29) is 5.35 Å². The zero-order valence-corrected chi connectivity index (χ0v) is 9.57. The molecule has 1 aromatic heterocycles. The van der Waals surface area contributed by atoms with E-state index >= 15 is 0 Å². The summed E-state index contributed by atoms with van der Waals surface area (Å²) in [6.45, 7) is 0. The third-order valence-corrected chi connectivity index (χ3v) is 2.40. The fourth-order valence-corrected chi connectivity index (χ4v) is 1.61. The monoisotopic (exact) mass is 238 g/mol. The molecule has 2 aromatic rings. The smallest absolute Gasteiger partial charge is 0.312 e. The van der Waals surface area contributed by atoms with Gasteiger partial charge >= 0.3 is 5.35 Å². The first kappa shape index (κ1) is 11.0. The molecule has 0 unspecified atom stereocenters. The van der Waals surface area contributed by atoms with Crippen LogP contribution in [0.4, 0.5) is 0 Å². The zero-order chi connectivity index (χ0) is 11.4. The Balaban J connectivity index is 2.04. The molecule has 0 bridgehead atoms. The quantitative estimate of drug-likeness (QED) is 0.821. The average molecular weight is 239 g/mol. The van der Waals surface area contributed by atoms with Gasteiger partial charge in [-0.1, -0.05) is 23.3 Å². The van der Waals surface area contributed by atoms with Crippen LogP contribution in [0.3, 0.4) is 0 Å². The first-order valence-electron chi connectivity index (χ1n) is 4.89. The number of methoxy groups -OCH3 is 1. The molecule has 0 aliphatic heterocycles. The van der Waals surface area contributed by atoms with Gasteiger partial charge in [-0.3, -0.25) is 0 Å². The molecule has 0 aliphatic rings. The van der Waals surface area contributed by atoms with Crippen molar-refractivity contribution in [2.45, 2.75) is 12.8 Å². The summed E-state index contributed by atoms with van der Waals surface area (Å²) in [6, 6.07) is 7.84. The van der Waals surface area contributed by atoms with Crippen LogP contribution < -0.4 is 4.74 Å². The van der Waals surface area contributed by atoms with Crippen LogP contribution in [0.25, 0.3) is 0 Å². The summed E-state index contributed by atoms with van der Waals surface area (Å²) >= 11 is 5.54. The highest BCUT2D eigenvalue weighted by Gasteiger charge is 2.06. The van der Waals surface area contributed by atoms with Gasteiger partial charge in [0.2, 0.25) is 5.89 Å². The molecule has 0 aliphatic carbocycles. The van der Waals surface area contributed by atoms with E-state index in [2.05, 4.69) is 10.2 Å². The third kappa shape index (κ3) is 2.52. The molecular weight excluding hydrogens is 228 g/mol. The van der Waals surface area contributed by atoms with E-state index in [0.717, 1.165) is 17.7 Å². The summed E-state index contributed by atoms with van der Waals surface area (Å²) in [5.74, 6) is 1.41. The number of hydrogen-bond donors (Lipinski definition) is 0. The highest BCUT2D eigenvalue weighted by atomic mass is 35.5. The number of hydrogen-bond acceptors (Lipinski definition) is 4. The van der Waals surface area contributed by atoms with Crippen LogP contribution >= 0.6 is 11.6 Å². The van der Waals surface area contributed by atoms with E-state index in [1.807, 2.05) is 24.3 Å². The predicted octanol–water partition coefficient (Wildman–Crippen LogP) is 2.52. The van der Waals surface area contributed by atoms with E-state index < -0.39 is 0 Å². The van der Waals surface area contributed by atoms with E-state index in [1.165, 1.54) is 0 Å². The molecule has 0 N–H and O–H groups in total. The maximum absolute atomic E-state index is 5.54. The van der Waals surface area contributed by atoms with E-state index in [9.17, 15) is 0 Å². The summed E-state index contributed by atoms with van der Waals surface area (Å²) in [7, 11) is 1.66. The average Bonchev–Trinajstić information content (AvgIpc) is 2.73. The Labute approximate surface area is 98.2 Å². The van der Waals surface area contributed by atoms with Crippen molar-refractivity contribution in [3.63, 3.8) is 0 Å². The first-order valence-corrected chi connectivity index (χ1v) is 5.27. The minimum Gasteiger partial charge on any atom is -0.496 e. The molecule has 84 valence electrons. The summed E-state index contributed by atoms with van der Waals surface area (Å²) in [5, 5.41) is 7.46. The molecule has 0 amide bonds. The summed E-state index contributed by atoms with van der Waals surface area (Å²) in [6.07, 6.45) is 1.43. The molecule has 2 rings (SSSR count). The lowest BCUT2D eigenvalue weighted by atomic mass is 10.1. The predicted molar refractivity (Wildman–Crippen MR) is 59.7 cm³/mol. The molecule has 0 spiro atoms. The Hall–Kier alpha value is -1.55. The summed E-state index contributed by atoms with van der Waals surface area (Å²) < 4.78 is 10.3. The molecule has 16 heavy (non-hydrogen) atoms. The van der Waals surface area contributed by atoms with Crippen LogP contribution in [-0.4, -0.2) is 17.3 Å². The Morgan fingerprint density at radius 2 is 2.06 bits per heavy atom. The van der Waals surface area contributed by atoms with Crippen molar-refractivity contribution in [3.05, 3.63) is 41.1 Å². The van der Waals surface area contributed by atoms with Gasteiger partial charge < -0.3 is 9.15 Å². The standard InChI is InChI=1S/C11H11ClN2O2/c1-15-9-5-3-2-4-8(9)6-7-10-13-14-11(12)16-10/h2-5H,6-7H2,1H3. The molecule has 1 heterocycles. The van der Waals surface area contributed by atoms with Crippen molar-refractivity contribution in [1.29, 1.82) is 0 Å². The first-order chi connectivity index (χ1) is 7.79. The Kier molecular flexibility index (Phi) is 3.41. The van der Waals surface area contributed by atoms with Gasteiger partial charge in [-0.05, 0) is 29.7 Å². The number of nitrogens with zero attached hydrogens (tertiary/aromatic N) is 2. The Morgan fingerprint density at radius 3 is 2.75 bits per heavy atom. The number of para-hydroxylation sites is 1. The second kappa shape index (κ2) is 4.99. The van der Waals surface area contributed by atoms with Crippen molar-refractivity contribution in [1.82, 2.24) is 10.2 Å². The van der Waals surface area contributed by atoms with Gasteiger partial charge in [-0.2, -0.15) is 0 Å². The SMILES string of the molecule is COc1ccccc1CCc1nnc(Cl)o1. The summed E-state index contributed by atoms with van der Waals surface area (Å²) in [4.78, 5) is 0. The number of rotatable bonds is 4. The van der Waals surface area contributed by atoms with Crippen LogP contribution in [0.1, 0.15) is 11.5 Å². The van der Waals surface area contributed by atoms with E-state index in [4.69, 9.17) is 20.8 Å². The molecule has 0 fully saturated rings. The molecule has 4 nitrogen and oxygen atoms in total. The molecule has 0 atom stereocenters. The van der Waals surface area contributed by atoms with Crippen molar-refractivity contribution >= 4 is 11.6 Å². The molecule has 0 saturated heterocycles. The molecule has 1 aromatic carbocycles. The second-order valence-corrected chi connectivity index (χ2v) is 3.58. The van der Waals surface area contributed by atoms with Gasteiger partial charge in [0.15, 0.2) is 0 Å². The van der Waals surface area contributed by atoms with Crippen LogP contribution in [0.5, 0.6) is 5.75 Å². The maximum atomic E-state index is 5.54. The minimum absolute atomic E-state index is 0.0787. The zero-order valence-electron chi connectivity index (χ0n) is 8.81. The van der Waals surface area contributed by atoms with Crippen molar-refractivity contribution < 1.29 is 9.15 Å². The van der Waals surface area contributed by atoms with E-state index in [0.29, 0.717) is 12.3 Å². The molecule has 0 saturated carbocycles. The van der Waals surface area contributed by atoms with Crippen LogP contribution in [0, 0.1) is 0 Å². The Morgan fingerprint density at radius 1 is 1.25 bits per heavy atom. The van der Waals surface area contributed by atoms with Gasteiger partial charge in [0.25, 0.3) is 0 Å². The van der Waals surface area contributed by atoms with Crippen molar-refractivity contribution in [2.75, 3.05) is 7.11 Å². The fraction of sp³-hybridized carbons (Fsp3) is 0.273. The number of aromatic nitrogens is 2. The fourth-order valence-electron chi connectivity index (χ4n) is 1.49. The third-order valence-electron chi connectivity index (χ3n) is 2.24. The number of halogens is 1. The number of benzene rings is 1. The van der Waals surface area contributed by atoms with Gasteiger partial charge in [-0.15, -0.1) is 5.10 Å². The lowest BCUT2D eigenvalue weighted by Crippen LogP contribution is -1.95. The topological polar surface area (TPSA) is 48.2 Å². The molecule has 0 radical (unpaired) electrons. The molecule has 5 heteroatoms. The van der Waals surface area contributed by atoms with Crippen LogP contribution in [-0.2, 0) is 12.8 Å². The second-order valence-electron chi connectivity index (χ2n) is 3.26. The van der Waals surface area contributed by atoms with Crippen molar-refractivity contribution in [2.24, 2.45) is 0 Å². The van der Waals surface area contributed by atoms with E-state index in [1.54, 1.807) is 7.11 Å². The van der Waals surface area contributed by atoms with Crippen molar-refractivity contribution in [3.8, 4) is 5.75 Å². The lowest BCUT2D eigenvalue weighted by molar-refractivity contribution is 0.408. The normalized spacial score (nSPS) is 10.4.